The smallest absolute Gasteiger partial charge is 0.229 e. The lowest BCUT2D eigenvalue weighted by atomic mass is 10.2. The van der Waals surface area contributed by atoms with Crippen LogP contribution in [-0.2, 0) is 9.53 Å². The van der Waals surface area contributed by atoms with Crippen molar-refractivity contribution in [3.05, 3.63) is 18.2 Å². The summed E-state index contributed by atoms with van der Waals surface area (Å²) in [7, 11) is 1.63. The highest BCUT2D eigenvalue weighted by Crippen LogP contribution is 2.30. The number of fused-ring (bicyclic) bond motifs is 1. The van der Waals surface area contributed by atoms with Crippen molar-refractivity contribution >= 4 is 33.3 Å². The van der Waals surface area contributed by atoms with Crippen molar-refractivity contribution in [2.75, 3.05) is 12.0 Å². The fraction of sp³-hybridized carbons (Fsp3) is 0.364. The maximum atomic E-state index is 11.8. The van der Waals surface area contributed by atoms with Gasteiger partial charge < -0.3 is 4.74 Å². The lowest BCUT2D eigenvalue weighted by Gasteiger charge is -2.23. The van der Waals surface area contributed by atoms with Crippen molar-refractivity contribution < 1.29 is 9.53 Å². The molecule has 1 saturated heterocycles. The molecule has 2 heterocycles. The van der Waals surface area contributed by atoms with Crippen LogP contribution in [0.2, 0.25) is 0 Å². The molecule has 1 aliphatic heterocycles. The van der Waals surface area contributed by atoms with Crippen molar-refractivity contribution in [2.24, 2.45) is 0 Å². The number of hydrogen-bond donors (Lipinski definition) is 0. The Kier molecular flexibility index (Phi) is 2.53. The Balaban J connectivity index is 2.04. The molecule has 17 heavy (non-hydrogen) atoms. The number of rotatable bonds is 2. The van der Waals surface area contributed by atoms with Crippen LogP contribution in [0.25, 0.3) is 10.2 Å². The zero-order valence-corrected chi connectivity index (χ0v) is 10.1. The number of methoxy groups -OCH3 is 1. The van der Waals surface area contributed by atoms with Gasteiger partial charge in [0.25, 0.3) is 0 Å². The average molecular weight is 249 g/mol. The molecule has 1 aromatic heterocycles. The van der Waals surface area contributed by atoms with E-state index >= 15 is 0 Å². The van der Waals surface area contributed by atoms with E-state index in [1.54, 1.807) is 12.0 Å². The maximum absolute atomic E-state index is 11.8. The number of amides is 1. The first-order valence-corrected chi connectivity index (χ1v) is 6.14. The second kappa shape index (κ2) is 4.05. The van der Waals surface area contributed by atoms with Crippen LogP contribution in [0.3, 0.4) is 0 Å². The van der Waals surface area contributed by atoms with E-state index in [2.05, 4.69) is 9.59 Å². The zero-order chi connectivity index (χ0) is 11.8. The molecule has 2 aromatic rings. The first-order valence-electron chi connectivity index (χ1n) is 5.36. The molecule has 0 saturated carbocycles. The van der Waals surface area contributed by atoms with E-state index in [9.17, 15) is 4.79 Å². The summed E-state index contributed by atoms with van der Waals surface area (Å²) in [6, 6.07) is 5.71. The number of carbonyl (C=O) groups is 1. The molecular formula is C11H11N3O2S. The molecule has 5 nitrogen and oxygen atoms in total. The highest BCUT2D eigenvalue weighted by molar-refractivity contribution is 7.12. The van der Waals surface area contributed by atoms with Crippen LogP contribution in [0, 0.1) is 0 Å². The molecule has 1 aliphatic rings. The van der Waals surface area contributed by atoms with Gasteiger partial charge in [-0.2, -0.15) is 0 Å². The first kappa shape index (κ1) is 10.6. The van der Waals surface area contributed by atoms with Gasteiger partial charge in [-0.15, -0.1) is 5.10 Å². The van der Waals surface area contributed by atoms with E-state index in [0.717, 1.165) is 22.3 Å². The normalized spacial score (nSPS) is 20.4. The third kappa shape index (κ3) is 1.69. The Morgan fingerprint density at radius 2 is 2.41 bits per heavy atom. The minimum atomic E-state index is -0.152. The second-order valence-electron chi connectivity index (χ2n) is 3.92. The van der Waals surface area contributed by atoms with E-state index in [-0.39, 0.29) is 12.1 Å². The van der Waals surface area contributed by atoms with E-state index in [1.165, 1.54) is 11.5 Å². The average Bonchev–Trinajstić information content (AvgIpc) is 2.93. The molecule has 3 rings (SSSR count). The Bertz CT molecular complexity index is 569. The van der Waals surface area contributed by atoms with E-state index in [4.69, 9.17) is 4.74 Å². The van der Waals surface area contributed by atoms with Gasteiger partial charge >= 0.3 is 0 Å². The quantitative estimate of drug-likeness (QED) is 0.814. The Labute approximate surface area is 102 Å². The predicted molar refractivity (Wildman–Crippen MR) is 64.9 cm³/mol. The number of benzene rings is 1. The van der Waals surface area contributed by atoms with Crippen molar-refractivity contribution in [1.29, 1.82) is 0 Å². The second-order valence-corrected chi connectivity index (χ2v) is 4.70. The van der Waals surface area contributed by atoms with Gasteiger partial charge in [-0.05, 0) is 29.7 Å². The van der Waals surface area contributed by atoms with Gasteiger partial charge in [0.2, 0.25) is 5.91 Å². The number of hydrogen-bond acceptors (Lipinski definition) is 5. The van der Waals surface area contributed by atoms with Gasteiger partial charge in [-0.3, -0.25) is 9.69 Å². The van der Waals surface area contributed by atoms with Gasteiger partial charge in [-0.1, -0.05) is 4.49 Å². The summed E-state index contributed by atoms with van der Waals surface area (Å²) in [5.74, 6) is 0.105. The molecule has 0 radical (unpaired) electrons. The molecule has 1 aromatic carbocycles. The number of aromatic nitrogens is 2. The fourth-order valence-electron chi connectivity index (χ4n) is 2.11. The first-order chi connectivity index (χ1) is 8.29. The maximum Gasteiger partial charge on any atom is 0.229 e. The third-order valence-electron chi connectivity index (χ3n) is 2.94. The molecule has 0 N–H and O–H groups in total. The van der Waals surface area contributed by atoms with Crippen LogP contribution in [-0.4, -0.2) is 28.8 Å². The largest absolute Gasteiger partial charge is 0.361 e. The minimum Gasteiger partial charge on any atom is -0.361 e. The summed E-state index contributed by atoms with van der Waals surface area (Å²) in [5.41, 5.74) is 1.72. The third-order valence-corrected chi connectivity index (χ3v) is 3.63. The van der Waals surface area contributed by atoms with E-state index in [1.807, 2.05) is 18.2 Å². The number of anilines is 1. The zero-order valence-electron chi connectivity index (χ0n) is 9.29. The number of ether oxygens (including phenoxy) is 1. The lowest BCUT2D eigenvalue weighted by molar-refractivity contribution is -0.117. The molecule has 0 spiro atoms. The summed E-state index contributed by atoms with van der Waals surface area (Å²) in [5, 5.41) is 3.98. The van der Waals surface area contributed by atoms with Crippen LogP contribution < -0.4 is 4.90 Å². The van der Waals surface area contributed by atoms with Crippen molar-refractivity contribution in [2.45, 2.75) is 19.1 Å². The van der Waals surface area contributed by atoms with Crippen LogP contribution in [0.15, 0.2) is 18.2 Å². The van der Waals surface area contributed by atoms with Gasteiger partial charge in [0, 0.05) is 25.6 Å². The number of carbonyl (C=O) groups excluding carboxylic acids is 1. The van der Waals surface area contributed by atoms with Crippen molar-refractivity contribution in [1.82, 2.24) is 9.59 Å². The number of nitrogens with zero attached hydrogens (tertiary/aromatic N) is 3. The Morgan fingerprint density at radius 1 is 1.53 bits per heavy atom. The lowest BCUT2D eigenvalue weighted by Crippen LogP contribution is -2.33. The molecule has 88 valence electrons. The molecule has 0 aliphatic carbocycles. The fourth-order valence-corrected chi connectivity index (χ4v) is 2.70. The summed E-state index contributed by atoms with van der Waals surface area (Å²) in [6.45, 7) is 0. The molecule has 6 heteroatoms. The van der Waals surface area contributed by atoms with Gasteiger partial charge in [-0.25, -0.2) is 0 Å². The summed E-state index contributed by atoms with van der Waals surface area (Å²) in [6.07, 6.45) is 1.13. The topological polar surface area (TPSA) is 55.3 Å². The predicted octanol–water partition coefficient (Wildman–Crippen LogP) is 1.79. The Morgan fingerprint density at radius 3 is 3.24 bits per heavy atom. The molecule has 0 unspecified atom stereocenters. The van der Waals surface area contributed by atoms with Crippen molar-refractivity contribution in [3.63, 3.8) is 0 Å². The SMILES string of the molecule is CO[C@H]1CCC(=O)N1c1ccc2nnsc2c1. The molecular weight excluding hydrogens is 238 g/mol. The highest BCUT2D eigenvalue weighted by atomic mass is 32.1. The molecule has 1 amide bonds. The standard InChI is InChI=1S/C11H11N3O2S/c1-16-11-5-4-10(15)14(11)7-2-3-8-9(6-7)17-13-12-8/h2-3,6,11H,4-5H2,1H3/t11-/m0/s1. The van der Waals surface area contributed by atoms with Gasteiger partial charge in [0.15, 0.2) is 0 Å². The Hall–Kier alpha value is -1.53. The molecule has 0 bridgehead atoms. The van der Waals surface area contributed by atoms with Crippen LogP contribution in [0.5, 0.6) is 0 Å². The highest BCUT2D eigenvalue weighted by Gasteiger charge is 2.32. The summed E-state index contributed by atoms with van der Waals surface area (Å²) < 4.78 is 10.2. The minimum absolute atomic E-state index is 0.105. The van der Waals surface area contributed by atoms with E-state index < -0.39 is 0 Å². The molecule has 1 fully saturated rings. The van der Waals surface area contributed by atoms with Crippen LogP contribution in [0.1, 0.15) is 12.8 Å². The van der Waals surface area contributed by atoms with Crippen LogP contribution >= 0.6 is 11.5 Å². The van der Waals surface area contributed by atoms with Gasteiger partial charge in [0.05, 0.1) is 4.70 Å². The summed E-state index contributed by atoms with van der Waals surface area (Å²) in [4.78, 5) is 13.5. The van der Waals surface area contributed by atoms with Crippen LogP contribution in [0.4, 0.5) is 5.69 Å². The monoisotopic (exact) mass is 249 g/mol. The summed E-state index contributed by atoms with van der Waals surface area (Å²) >= 11 is 1.33. The van der Waals surface area contributed by atoms with Crippen molar-refractivity contribution in [3.8, 4) is 0 Å². The van der Waals surface area contributed by atoms with Gasteiger partial charge in [0.1, 0.15) is 11.7 Å². The van der Waals surface area contributed by atoms with E-state index in [0.29, 0.717) is 6.42 Å². The molecule has 1 atom stereocenters.